The first kappa shape index (κ1) is 37.1. The zero-order valence-corrected chi connectivity index (χ0v) is 31.0. The van der Waals surface area contributed by atoms with Crippen molar-refractivity contribution in [1.29, 1.82) is 0 Å². The normalized spacial score (nSPS) is 15.8. The number of halogens is 1. The average molecular weight is 701 g/mol. The highest BCUT2D eigenvalue weighted by molar-refractivity contribution is 6.31. The number of aromatic nitrogens is 3. The van der Waals surface area contributed by atoms with E-state index in [9.17, 15) is 4.79 Å². The number of piperidine rings is 1. The summed E-state index contributed by atoms with van der Waals surface area (Å²) in [6.07, 6.45) is 4.83. The molecule has 1 saturated heterocycles. The Kier molecular flexibility index (Phi) is 11.4. The summed E-state index contributed by atoms with van der Waals surface area (Å²) < 4.78 is 26.0. The van der Waals surface area contributed by atoms with E-state index in [0.717, 1.165) is 53.2 Å². The van der Waals surface area contributed by atoms with Crippen molar-refractivity contribution in [3.8, 4) is 28.1 Å². The Morgan fingerprint density at radius 3 is 2.46 bits per heavy atom. The lowest BCUT2D eigenvalue weighted by molar-refractivity contribution is -0.164. The van der Waals surface area contributed by atoms with Gasteiger partial charge in [-0.15, -0.1) is 13.2 Å². The van der Waals surface area contributed by atoms with E-state index in [1.807, 2.05) is 87.7 Å². The van der Waals surface area contributed by atoms with Crippen molar-refractivity contribution in [1.82, 2.24) is 14.6 Å². The summed E-state index contributed by atoms with van der Waals surface area (Å²) >= 11 is 6.48. The van der Waals surface area contributed by atoms with Gasteiger partial charge in [0.25, 0.3) is 0 Å². The number of methoxy groups -OCH3 is 1. The molecule has 0 bridgehead atoms. The molecule has 0 N–H and O–H groups in total. The van der Waals surface area contributed by atoms with Crippen LogP contribution in [0.2, 0.25) is 5.02 Å². The van der Waals surface area contributed by atoms with Gasteiger partial charge in [-0.3, -0.25) is 0 Å². The lowest BCUT2D eigenvalue weighted by Crippen LogP contribution is -2.45. The van der Waals surface area contributed by atoms with E-state index >= 15 is 0 Å². The van der Waals surface area contributed by atoms with E-state index in [-0.39, 0.29) is 11.7 Å². The first-order valence-corrected chi connectivity index (χ1v) is 17.5. The van der Waals surface area contributed by atoms with Crippen LogP contribution in [0.15, 0.2) is 73.8 Å². The molecule has 266 valence electrons. The fraction of sp³-hybridized carbons (Fsp3) is 0.425. The number of rotatable bonds is 13. The Hall–Kier alpha value is -4.18. The highest BCUT2D eigenvalue weighted by atomic mass is 35.5. The van der Waals surface area contributed by atoms with Gasteiger partial charge in [0.05, 0.1) is 42.3 Å². The molecule has 9 nitrogen and oxygen atoms in total. The van der Waals surface area contributed by atoms with Gasteiger partial charge in [-0.1, -0.05) is 42.0 Å². The molecule has 0 spiro atoms. The predicted octanol–water partition coefficient (Wildman–Crippen LogP) is 8.96. The summed E-state index contributed by atoms with van der Waals surface area (Å²) in [5, 5.41) is 5.76. The maximum Gasteiger partial charge on any atom is 0.339 e. The van der Waals surface area contributed by atoms with Crippen molar-refractivity contribution in [3.63, 3.8) is 0 Å². The fourth-order valence-electron chi connectivity index (χ4n) is 6.32. The fourth-order valence-corrected chi connectivity index (χ4v) is 6.50. The molecule has 1 aliphatic heterocycles. The second-order valence-electron chi connectivity index (χ2n) is 14.1. The molecule has 0 aliphatic carbocycles. The molecule has 4 aromatic rings. The van der Waals surface area contributed by atoms with Crippen LogP contribution in [-0.4, -0.2) is 64.7 Å². The van der Waals surface area contributed by atoms with Crippen molar-refractivity contribution in [3.05, 3.63) is 90.1 Å². The topological polar surface area (TPSA) is 87.4 Å². The molecular weight excluding hydrogens is 652 g/mol. The number of hydrogen-bond acceptors (Lipinski definition) is 8. The maximum atomic E-state index is 13.4. The molecule has 0 amide bonds. The van der Waals surface area contributed by atoms with Crippen LogP contribution in [0.25, 0.3) is 28.0 Å². The molecule has 1 fully saturated rings. The Balaban J connectivity index is 1.64. The largest absolute Gasteiger partial charge is 0.490 e. The molecule has 2 atom stereocenters. The van der Waals surface area contributed by atoms with Crippen molar-refractivity contribution in [2.75, 3.05) is 31.7 Å². The highest BCUT2D eigenvalue weighted by Gasteiger charge is 2.38. The number of benzene rings is 2. The minimum atomic E-state index is -1.02. The molecule has 2 aromatic carbocycles. The van der Waals surface area contributed by atoms with Crippen LogP contribution in [-0.2, 0) is 19.0 Å². The molecule has 0 unspecified atom stereocenters. The van der Waals surface area contributed by atoms with E-state index in [1.165, 1.54) is 7.11 Å². The standard InChI is InChI=1S/C40H49ClN4O5/c1-10-13-26(3)49-33-17-16-30(41)24-31(33)28-14-12-15-29(23-28)32-25-34-42-27(4)35(36(38(46)47-9)50-39(5,6)7)37(45(34)43-32)44-20-18-40(8,19-21-44)48-22-11-2/h10-12,14-17,23-26,36H,1-2,13,18-22H2,3-9H3/t26-,36-/m0/s1. The van der Waals surface area contributed by atoms with Crippen LogP contribution < -0.4 is 9.64 Å². The molecule has 2 aromatic heterocycles. The quantitative estimate of drug-likeness (QED) is 0.101. The summed E-state index contributed by atoms with van der Waals surface area (Å²) in [6, 6.07) is 15.8. The second kappa shape index (κ2) is 15.4. The van der Waals surface area contributed by atoms with Gasteiger partial charge in [-0.05, 0) is 84.2 Å². The summed E-state index contributed by atoms with van der Waals surface area (Å²) in [5.41, 5.74) is 4.45. The van der Waals surface area contributed by atoms with E-state index in [1.54, 1.807) is 6.08 Å². The monoisotopic (exact) mass is 700 g/mol. The molecule has 0 radical (unpaired) electrons. The van der Waals surface area contributed by atoms with Crippen molar-refractivity contribution in [2.24, 2.45) is 0 Å². The van der Waals surface area contributed by atoms with Crippen molar-refractivity contribution >= 4 is 29.0 Å². The predicted molar refractivity (Wildman–Crippen MR) is 200 cm³/mol. The maximum absolute atomic E-state index is 13.4. The molecule has 3 heterocycles. The Labute approximate surface area is 300 Å². The molecule has 5 rings (SSSR count). The lowest BCUT2D eigenvalue weighted by Gasteiger charge is -2.41. The third-order valence-electron chi connectivity index (χ3n) is 8.86. The number of hydrogen-bond donors (Lipinski definition) is 0. The van der Waals surface area contributed by atoms with E-state index in [0.29, 0.717) is 41.6 Å². The smallest absolute Gasteiger partial charge is 0.339 e. The zero-order valence-electron chi connectivity index (χ0n) is 30.3. The van der Waals surface area contributed by atoms with Gasteiger partial charge in [0, 0.05) is 47.4 Å². The Morgan fingerprint density at radius 2 is 1.80 bits per heavy atom. The molecule has 50 heavy (non-hydrogen) atoms. The van der Waals surface area contributed by atoms with Crippen LogP contribution in [0.4, 0.5) is 5.82 Å². The van der Waals surface area contributed by atoms with Crippen molar-refractivity contribution < 1.29 is 23.7 Å². The number of carbonyl (C=O) groups excluding carboxylic acids is 1. The number of anilines is 1. The van der Waals surface area contributed by atoms with Gasteiger partial charge < -0.3 is 23.8 Å². The van der Waals surface area contributed by atoms with E-state index in [2.05, 4.69) is 31.0 Å². The van der Waals surface area contributed by atoms with Crippen LogP contribution in [0.5, 0.6) is 5.75 Å². The van der Waals surface area contributed by atoms with Gasteiger partial charge >= 0.3 is 5.97 Å². The third-order valence-corrected chi connectivity index (χ3v) is 9.10. The summed E-state index contributed by atoms with van der Waals surface area (Å²) in [5.74, 6) is 0.993. The third kappa shape index (κ3) is 8.40. The highest BCUT2D eigenvalue weighted by Crippen LogP contribution is 2.40. The van der Waals surface area contributed by atoms with Crippen LogP contribution in [0, 0.1) is 6.92 Å². The van der Waals surface area contributed by atoms with Gasteiger partial charge in [0.15, 0.2) is 11.8 Å². The number of aryl methyl sites for hydroxylation is 1. The average Bonchev–Trinajstić information content (AvgIpc) is 3.50. The molecule has 0 saturated carbocycles. The van der Waals surface area contributed by atoms with Gasteiger partial charge in [-0.25, -0.2) is 9.78 Å². The molecular formula is C40H49ClN4O5. The van der Waals surface area contributed by atoms with Gasteiger partial charge in [-0.2, -0.15) is 9.61 Å². The minimum absolute atomic E-state index is 0.0479. The second-order valence-corrected chi connectivity index (χ2v) is 14.5. The lowest BCUT2D eigenvalue weighted by atomic mass is 9.92. The van der Waals surface area contributed by atoms with E-state index in [4.69, 9.17) is 40.6 Å². The number of carbonyl (C=O) groups is 1. The van der Waals surface area contributed by atoms with Crippen LogP contribution >= 0.6 is 11.6 Å². The Morgan fingerprint density at radius 1 is 1.08 bits per heavy atom. The van der Waals surface area contributed by atoms with Crippen molar-refractivity contribution in [2.45, 2.75) is 84.2 Å². The van der Waals surface area contributed by atoms with Crippen LogP contribution in [0.3, 0.4) is 0 Å². The molecule has 1 aliphatic rings. The zero-order chi connectivity index (χ0) is 36.2. The summed E-state index contributed by atoms with van der Waals surface area (Å²) in [4.78, 5) is 20.6. The SMILES string of the molecule is C=CCOC1(C)CCN(c2c([C@H](OC(C)(C)C)C(=O)OC)c(C)nc3cc(-c4cccc(-c5cc(Cl)ccc5O[C@@H](C)CC=C)c4)nn23)CC1. The number of nitrogens with zero attached hydrogens (tertiary/aromatic N) is 4. The summed E-state index contributed by atoms with van der Waals surface area (Å²) in [7, 11) is 1.38. The number of esters is 1. The number of ether oxygens (including phenoxy) is 4. The summed E-state index contributed by atoms with van der Waals surface area (Å²) in [6.45, 7) is 21.3. The van der Waals surface area contributed by atoms with Crippen LogP contribution in [0.1, 0.15) is 71.2 Å². The Bertz CT molecular complexity index is 1850. The molecule has 10 heteroatoms. The van der Waals surface area contributed by atoms with Gasteiger partial charge in [0.1, 0.15) is 11.6 Å². The first-order valence-electron chi connectivity index (χ1n) is 17.1. The first-order chi connectivity index (χ1) is 23.8. The van der Waals surface area contributed by atoms with Gasteiger partial charge in [0.2, 0.25) is 0 Å². The number of fused-ring (bicyclic) bond motifs is 1. The minimum Gasteiger partial charge on any atom is -0.490 e. The van der Waals surface area contributed by atoms with E-state index < -0.39 is 17.7 Å².